The van der Waals surface area contributed by atoms with Crippen LogP contribution >= 0.6 is 0 Å². The molecular weight excluding hydrogens is 282 g/mol. The van der Waals surface area contributed by atoms with Crippen LogP contribution in [0.3, 0.4) is 0 Å². The third-order valence-corrected chi connectivity index (χ3v) is 6.14. The average molecular weight is 299 g/mol. The Balaban J connectivity index is 1.91. The van der Waals surface area contributed by atoms with Crippen molar-refractivity contribution in [1.82, 2.24) is 4.90 Å². The number of carbonyl (C=O) groups is 1. The maximum absolute atomic E-state index is 12.4. The normalized spacial score (nSPS) is 41.3. The van der Waals surface area contributed by atoms with Gasteiger partial charge < -0.3 is 14.9 Å². The molecule has 2 N–H and O–H groups in total. The van der Waals surface area contributed by atoms with Gasteiger partial charge in [0.05, 0.1) is 5.41 Å². The number of phenolic OH excluding ortho intramolecular Hbond substituents is 1. The summed E-state index contributed by atoms with van der Waals surface area (Å²) < 4.78 is 5.89. The van der Waals surface area contributed by atoms with E-state index in [4.69, 9.17) is 4.74 Å². The molecule has 1 aromatic carbocycles. The number of hydrogen-bond donors (Lipinski definition) is 2. The second-order valence-corrected chi connectivity index (χ2v) is 6.93. The molecule has 0 saturated carbocycles. The average Bonchev–Trinajstić information content (AvgIpc) is 2.85. The van der Waals surface area contributed by atoms with Crippen LogP contribution in [0.1, 0.15) is 17.5 Å². The molecule has 0 radical (unpaired) electrons. The molecule has 2 aliphatic carbocycles. The first-order chi connectivity index (χ1) is 10.5. The molecule has 5 heteroatoms. The Kier molecular flexibility index (Phi) is 2.04. The summed E-state index contributed by atoms with van der Waals surface area (Å²) in [5, 5.41) is 21.7. The van der Waals surface area contributed by atoms with Gasteiger partial charge in [0.1, 0.15) is 5.60 Å². The third-order valence-electron chi connectivity index (χ3n) is 6.14. The van der Waals surface area contributed by atoms with Crippen LogP contribution in [0, 0.1) is 0 Å². The molecule has 4 atom stereocenters. The summed E-state index contributed by atoms with van der Waals surface area (Å²) >= 11 is 0. The van der Waals surface area contributed by atoms with E-state index < -0.39 is 17.1 Å². The minimum absolute atomic E-state index is 0.0510. The summed E-state index contributed by atoms with van der Waals surface area (Å²) in [5.74, 6) is 0.312. The smallest absolute Gasteiger partial charge is 0.196 e. The van der Waals surface area contributed by atoms with Crippen LogP contribution in [-0.4, -0.2) is 52.2 Å². The van der Waals surface area contributed by atoms with Crippen molar-refractivity contribution in [2.75, 3.05) is 13.6 Å². The van der Waals surface area contributed by atoms with Crippen molar-refractivity contribution in [3.8, 4) is 11.5 Å². The molecule has 1 aromatic rings. The summed E-state index contributed by atoms with van der Waals surface area (Å²) in [6.45, 7) is 0.794. The third kappa shape index (κ3) is 1.08. The SMILES string of the molecule is CN1CCC23c4c5ccc(O)c4OC2C(=O)C=CC3(O)[C@H]1C5. The van der Waals surface area contributed by atoms with Crippen LogP contribution in [0.25, 0.3) is 0 Å². The Hall–Kier alpha value is -1.85. The van der Waals surface area contributed by atoms with E-state index >= 15 is 0 Å². The number of carbonyl (C=O) groups excluding carboxylic acids is 1. The van der Waals surface area contributed by atoms with Crippen molar-refractivity contribution in [3.05, 3.63) is 35.4 Å². The zero-order valence-corrected chi connectivity index (χ0v) is 12.2. The number of aromatic hydroxyl groups is 1. The van der Waals surface area contributed by atoms with Crippen LogP contribution in [-0.2, 0) is 16.6 Å². The van der Waals surface area contributed by atoms with E-state index in [0.29, 0.717) is 18.6 Å². The van der Waals surface area contributed by atoms with E-state index in [1.54, 1.807) is 12.1 Å². The lowest BCUT2D eigenvalue weighted by molar-refractivity contribution is -0.151. The molecule has 0 amide bonds. The molecule has 2 heterocycles. The number of hydrogen-bond acceptors (Lipinski definition) is 5. The second kappa shape index (κ2) is 3.55. The standard InChI is InChI=1S/C17H17NO4/c1-18-7-6-16-13-9-2-3-10(19)14(13)22-15(16)11(20)4-5-17(16,21)12(18)8-9/h2-5,12,15,19,21H,6-8H2,1H3/t12-,15?,16?,17?/m1/s1. The van der Waals surface area contributed by atoms with Crippen LogP contribution < -0.4 is 4.74 Å². The van der Waals surface area contributed by atoms with Crippen LogP contribution in [0.2, 0.25) is 0 Å². The number of likely N-dealkylation sites (tertiary alicyclic amines) is 1. The Bertz CT molecular complexity index is 757. The highest BCUT2D eigenvalue weighted by Crippen LogP contribution is 2.63. The second-order valence-electron chi connectivity index (χ2n) is 6.93. The molecule has 0 aromatic heterocycles. The highest BCUT2D eigenvalue weighted by molar-refractivity contribution is 5.99. The van der Waals surface area contributed by atoms with E-state index in [0.717, 1.165) is 17.7 Å². The molecule has 1 saturated heterocycles. The topological polar surface area (TPSA) is 70.0 Å². The summed E-state index contributed by atoms with van der Waals surface area (Å²) in [6.07, 6.45) is 3.70. The number of piperidine rings is 1. The highest BCUT2D eigenvalue weighted by Gasteiger charge is 2.71. The highest BCUT2D eigenvalue weighted by atomic mass is 16.5. The van der Waals surface area contributed by atoms with Crippen molar-refractivity contribution in [2.24, 2.45) is 0 Å². The largest absolute Gasteiger partial charge is 0.504 e. The zero-order valence-electron chi connectivity index (χ0n) is 12.2. The fourth-order valence-electron chi connectivity index (χ4n) is 5.13. The fraction of sp³-hybridized carbons (Fsp3) is 0.471. The monoisotopic (exact) mass is 299 g/mol. The van der Waals surface area contributed by atoms with Gasteiger partial charge in [-0.3, -0.25) is 9.69 Å². The van der Waals surface area contributed by atoms with E-state index in [-0.39, 0.29) is 17.6 Å². The van der Waals surface area contributed by atoms with Crippen LogP contribution in [0.5, 0.6) is 11.5 Å². The minimum atomic E-state index is -1.13. The Morgan fingerprint density at radius 1 is 1.41 bits per heavy atom. The Morgan fingerprint density at radius 2 is 2.23 bits per heavy atom. The molecule has 5 rings (SSSR count). The van der Waals surface area contributed by atoms with Gasteiger partial charge in [-0.15, -0.1) is 0 Å². The van der Waals surface area contributed by atoms with Gasteiger partial charge in [0.2, 0.25) is 0 Å². The van der Waals surface area contributed by atoms with Gasteiger partial charge in [-0.05, 0) is 50.2 Å². The van der Waals surface area contributed by atoms with E-state index in [1.807, 2.05) is 13.1 Å². The number of benzene rings is 1. The first-order valence-electron chi connectivity index (χ1n) is 7.67. The molecule has 1 fully saturated rings. The molecule has 4 aliphatic rings. The van der Waals surface area contributed by atoms with Gasteiger partial charge in [0, 0.05) is 11.6 Å². The molecule has 5 nitrogen and oxygen atoms in total. The van der Waals surface area contributed by atoms with Crippen molar-refractivity contribution >= 4 is 5.78 Å². The maximum atomic E-state index is 12.4. The number of rotatable bonds is 0. The number of ether oxygens (including phenoxy) is 1. The summed E-state index contributed by atoms with van der Waals surface area (Å²) in [4.78, 5) is 14.6. The number of phenols is 1. The van der Waals surface area contributed by atoms with Gasteiger partial charge in [0.25, 0.3) is 0 Å². The zero-order chi connectivity index (χ0) is 15.3. The first-order valence-corrected chi connectivity index (χ1v) is 7.67. The van der Waals surface area contributed by atoms with E-state index in [1.165, 1.54) is 6.08 Å². The predicted molar refractivity (Wildman–Crippen MR) is 78.0 cm³/mol. The first kappa shape index (κ1) is 12.7. The van der Waals surface area contributed by atoms with Crippen molar-refractivity contribution in [3.63, 3.8) is 0 Å². The lowest BCUT2D eigenvalue weighted by atomic mass is 9.51. The van der Waals surface area contributed by atoms with Crippen molar-refractivity contribution in [1.29, 1.82) is 0 Å². The molecular formula is C17H17NO4. The van der Waals surface area contributed by atoms with Crippen molar-refractivity contribution in [2.45, 2.75) is 36.0 Å². The lowest BCUT2D eigenvalue weighted by Crippen LogP contribution is -2.74. The molecule has 3 unspecified atom stereocenters. The lowest BCUT2D eigenvalue weighted by Gasteiger charge is -2.60. The number of likely N-dealkylation sites (N-methyl/N-ethyl adjacent to an activating group) is 1. The van der Waals surface area contributed by atoms with Crippen LogP contribution in [0.15, 0.2) is 24.3 Å². The summed E-state index contributed by atoms with van der Waals surface area (Å²) in [5.41, 5.74) is 0.0177. The van der Waals surface area contributed by atoms with Gasteiger partial charge in [-0.2, -0.15) is 0 Å². The minimum Gasteiger partial charge on any atom is -0.504 e. The number of aliphatic hydroxyl groups is 1. The summed E-state index contributed by atoms with van der Waals surface area (Å²) in [7, 11) is 2.01. The quantitative estimate of drug-likeness (QED) is 0.731. The number of ketones is 1. The molecule has 1 spiro atoms. The molecule has 22 heavy (non-hydrogen) atoms. The molecule has 2 bridgehead atoms. The van der Waals surface area contributed by atoms with Gasteiger partial charge >= 0.3 is 0 Å². The maximum Gasteiger partial charge on any atom is 0.196 e. The molecule has 2 aliphatic heterocycles. The van der Waals surface area contributed by atoms with Crippen molar-refractivity contribution < 1.29 is 19.7 Å². The predicted octanol–water partition coefficient (Wildman–Crippen LogP) is 0.521. The van der Waals surface area contributed by atoms with E-state index in [9.17, 15) is 15.0 Å². The van der Waals surface area contributed by atoms with Gasteiger partial charge in [-0.1, -0.05) is 6.07 Å². The fourth-order valence-corrected chi connectivity index (χ4v) is 5.13. The Morgan fingerprint density at radius 3 is 3.05 bits per heavy atom. The van der Waals surface area contributed by atoms with Gasteiger partial charge in [-0.25, -0.2) is 0 Å². The Labute approximate surface area is 127 Å². The van der Waals surface area contributed by atoms with E-state index in [2.05, 4.69) is 4.90 Å². The van der Waals surface area contributed by atoms with Crippen LogP contribution in [0.4, 0.5) is 0 Å². The molecule has 114 valence electrons. The summed E-state index contributed by atoms with van der Waals surface area (Å²) in [6, 6.07) is 3.44. The van der Waals surface area contributed by atoms with Gasteiger partial charge in [0.15, 0.2) is 23.4 Å². The number of nitrogens with zero attached hydrogens (tertiary/aromatic N) is 1.